The van der Waals surface area contributed by atoms with Crippen LogP contribution in [0.1, 0.15) is 18.5 Å². The van der Waals surface area contributed by atoms with E-state index in [1.807, 2.05) is 30.3 Å². The van der Waals surface area contributed by atoms with Crippen LogP contribution in [0.25, 0.3) is 0 Å². The number of halogens is 2. The van der Waals surface area contributed by atoms with Gasteiger partial charge in [-0.2, -0.15) is 0 Å². The molecule has 0 aliphatic heterocycles. The molecular weight excluding hydrogens is 302 g/mol. The fourth-order valence-corrected chi connectivity index (χ4v) is 1.90. The smallest absolute Gasteiger partial charge is 0.130 e. The summed E-state index contributed by atoms with van der Waals surface area (Å²) >= 11 is 9.16. The van der Waals surface area contributed by atoms with Crippen molar-refractivity contribution >= 4 is 33.3 Å². The van der Waals surface area contributed by atoms with Gasteiger partial charge in [-0.1, -0.05) is 23.7 Å². The van der Waals surface area contributed by atoms with Crippen molar-refractivity contribution in [1.29, 1.82) is 0 Å². The minimum atomic E-state index is 0.161. The number of nitrogens with zero attached hydrogens (tertiary/aromatic N) is 2. The zero-order valence-electron chi connectivity index (χ0n) is 9.19. The lowest BCUT2D eigenvalue weighted by Gasteiger charge is -2.14. The summed E-state index contributed by atoms with van der Waals surface area (Å²) in [4.78, 5) is 8.12. The fourth-order valence-electron chi connectivity index (χ4n) is 1.47. The highest BCUT2D eigenvalue weighted by atomic mass is 79.9. The number of rotatable bonds is 3. The number of benzene rings is 1. The van der Waals surface area contributed by atoms with Crippen LogP contribution in [-0.4, -0.2) is 9.97 Å². The van der Waals surface area contributed by atoms with Gasteiger partial charge < -0.3 is 5.32 Å². The molecule has 0 bridgehead atoms. The first-order valence-electron chi connectivity index (χ1n) is 5.14. The molecule has 0 saturated carbocycles. The van der Waals surface area contributed by atoms with E-state index in [4.69, 9.17) is 11.6 Å². The third-order valence-electron chi connectivity index (χ3n) is 2.37. The summed E-state index contributed by atoms with van der Waals surface area (Å²) in [5.74, 6) is 0.786. The van der Waals surface area contributed by atoms with Gasteiger partial charge in [0, 0.05) is 17.1 Å². The lowest BCUT2D eigenvalue weighted by molar-refractivity contribution is 0.871. The lowest BCUT2D eigenvalue weighted by Crippen LogP contribution is -2.07. The number of hydrogen-bond donors (Lipinski definition) is 1. The van der Waals surface area contributed by atoms with Crippen LogP contribution in [0, 0.1) is 0 Å². The minimum Gasteiger partial charge on any atom is -0.363 e. The Labute approximate surface area is 113 Å². The number of nitrogens with one attached hydrogen (secondary N) is 1. The molecule has 88 valence electrons. The summed E-state index contributed by atoms with van der Waals surface area (Å²) in [6.07, 6.45) is 1.51. The summed E-state index contributed by atoms with van der Waals surface area (Å²) in [6, 6.07) is 9.75. The lowest BCUT2D eigenvalue weighted by atomic mass is 10.1. The normalized spacial score (nSPS) is 12.2. The van der Waals surface area contributed by atoms with Gasteiger partial charge in [0.05, 0.1) is 0 Å². The summed E-state index contributed by atoms with van der Waals surface area (Å²) in [6.45, 7) is 2.07. The Morgan fingerprint density at radius 3 is 2.59 bits per heavy atom. The summed E-state index contributed by atoms with van der Waals surface area (Å²) < 4.78 is 0.762. The van der Waals surface area contributed by atoms with Gasteiger partial charge in [-0.3, -0.25) is 0 Å². The van der Waals surface area contributed by atoms with Gasteiger partial charge in [-0.25, -0.2) is 9.97 Å². The van der Waals surface area contributed by atoms with Crippen LogP contribution in [0.3, 0.4) is 0 Å². The zero-order valence-corrected chi connectivity index (χ0v) is 11.5. The Hall–Kier alpha value is -1.13. The first kappa shape index (κ1) is 12.3. The predicted octanol–water partition coefficient (Wildman–Crippen LogP) is 4.07. The maximum atomic E-state index is 5.85. The molecule has 5 heteroatoms. The standard InChI is InChI=1S/C12H11BrClN3/c1-8(9-2-4-10(14)5-3-9)17-12-6-11(13)15-7-16-12/h2-8H,1H3,(H,15,16,17). The summed E-state index contributed by atoms with van der Waals surface area (Å²) in [7, 11) is 0. The van der Waals surface area contributed by atoms with Gasteiger partial charge in [-0.05, 0) is 40.5 Å². The third kappa shape index (κ3) is 3.41. The minimum absolute atomic E-state index is 0.161. The molecule has 1 heterocycles. The van der Waals surface area contributed by atoms with E-state index in [-0.39, 0.29) is 6.04 Å². The Kier molecular flexibility index (Phi) is 3.97. The Morgan fingerprint density at radius 2 is 1.94 bits per heavy atom. The van der Waals surface area contributed by atoms with E-state index in [2.05, 4.69) is 38.1 Å². The highest BCUT2D eigenvalue weighted by molar-refractivity contribution is 9.10. The monoisotopic (exact) mass is 311 g/mol. The fraction of sp³-hybridized carbons (Fsp3) is 0.167. The van der Waals surface area contributed by atoms with Gasteiger partial charge in [-0.15, -0.1) is 0 Å². The largest absolute Gasteiger partial charge is 0.363 e. The van der Waals surface area contributed by atoms with Gasteiger partial charge in [0.2, 0.25) is 0 Å². The Morgan fingerprint density at radius 1 is 1.24 bits per heavy atom. The van der Waals surface area contributed by atoms with Gasteiger partial charge in [0.25, 0.3) is 0 Å². The molecule has 1 aromatic heterocycles. The Bertz CT molecular complexity index is 501. The molecule has 3 nitrogen and oxygen atoms in total. The first-order valence-corrected chi connectivity index (χ1v) is 6.32. The molecular formula is C12H11BrClN3. The van der Waals surface area contributed by atoms with Crippen molar-refractivity contribution in [2.24, 2.45) is 0 Å². The molecule has 1 atom stereocenters. The van der Waals surface area contributed by atoms with Crippen LogP contribution in [0.4, 0.5) is 5.82 Å². The maximum absolute atomic E-state index is 5.85. The van der Waals surface area contributed by atoms with Crippen LogP contribution in [0.5, 0.6) is 0 Å². The van der Waals surface area contributed by atoms with E-state index >= 15 is 0 Å². The van der Waals surface area contributed by atoms with Crippen LogP contribution < -0.4 is 5.32 Å². The van der Waals surface area contributed by atoms with Crippen LogP contribution in [0.2, 0.25) is 5.02 Å². The predicted molar refractivity (Wildman–Crippen MR) is 73.2 cm³/mol. The van der Waals surface area contributed by atoms with Crippen molar-refractivity contribution in [1.82, 2.24) is 9.97 Å². The van der Waals surface area contributed by atoms with Crippen LogP contribution in [-0.2, 0) is 0 Å². The van der Waals surface area contributed by atoms with Crippen molar-refractivity contribution in [2.75, 3.05) is 5.32 Å². The second-order valence-electron chi connectivity index (χ2n) is 3.64. The van der Waals surface area contributed by atoms with Crippen LogP contribution >= 0.6 is 27.5 Å². The molecule has 0 spiro atoms. The van der Waals surface area contributed by atoms with Gasteiger partial charge >= 0.3 is 0 Å². The quantitative estimate of drug-likeness (QED) is 0.868. The number of hydrogen-bond acceptors (Lipinski definition) is 3. The zero-order chi connectivity index (χ0) is 12.3. The van der Waals surface area contributed by atoms with Crippen molar-refractivity contribution in [2.45, 2.75) is 13.0 Å². The maximum Gasteiger partial charge on any atom is 0.130 e. The second kappa shape index (κ2) is 5.47. The van der Waals surface area contributed by atoms with E-state index in [0.29, 0.717) is 0 Å². The highest BCUT2D eigenvalue weighted by Gasteiger charge is 2.06. The third-order valence-corrected chi connectivity index (χ3v) is 3.05. The average molecular weight is 313 g/mol. The number of aromatic nitrogens is 2. The molecule has 0 aliphatic carbocycles. The van der Waals surface area contributed by atoms with Crippen molar-refractivity contribution < 1.29 is 0 Å². The molecule has 0 radical (unpaired) electrons. The van der Waals surface area contributed by atoms with Gasteiger partial charge in [0.1, 0.15) is 16.7 Å². The van der Waals surface area contributed by atoms with Crippen molar-refractivity contribution in [3.63, 3.8) is 0 Å². The molecule has 0 amide bonds. The topological polar surface area (TPSA) is 37.8 Å². The van der Waals surface area contributed by atoms with Crippen LogP contribution in [0.15, 0.2) is 41.3 Å². The molecule has 0 fully saturated rings. The SMILES string of the molecule is CC(Nc1cc(Br)ncn1)c1ccc(Cl)cc1. The van der Waals surface area contributed by atoms with Crippen molar-refractivity contribution in [3.05, 3.63) is 51.8 Å². The average Bonchev–Trinajstić information content (AvgIpc) is 2.29. The molecule has 1 aromatic carbocycles. The first-order chi connectivity index (χ1) is 8.15. The number of anilines is 1. The molecule has 2 rings (SSSR count). The van der Waals surface area contributed by atoms with E-state index in [0.717, 1.165) is 21.0 Å². The molecule has 17 heavy (non-hydrogen) atoms. The molecule has 0 saturated heterocycles. The van der Waals surface area contributed by atoms with Gasteiger partial charge in [0.15, 0.2) is 0 Å². The molecule has 2 aromatic rings. The van der Waals surface area contributed by atoms with Crippen molar-refractivity contribution in [3.8, 4) is 0 Å². The van der Waals surface area contributed by atoms with E-state index < -0.39 is 0 Å². The molecule has 1 N–H and O–H groups in total. The summed E-state index contributed by atoms with van der Waals surface area (Å²) in [5.41, 5.74) is 1.16. The highest BCUT2D eigenvalue weighted by Crippen LogP contribution is 2.20. The molecule has 0 aliphatic rings. The Balaban J connectivity index is 2.11. The van der Waals surface area contributed by atoms with E-state index in [9.17, 15) is 0 Å². The second-order valence-corrected chi connectivity index (χ2v) is 4.89. The molecule has 1 unspecified atom stereocenters. The van der Waals surface area contributed by atoms with E-state index in [1.165, 1.54) is 6.33 Å². The van der Waals surface area contributed by atoms with E-state index in [1.54, 1.807) is 0 Å². The summed E-state index contributed by atoms with van der Waals surface area (Å²) in [5, 5.41) is 4.04.